The standard InChI is InChI=1S/C14H9BrClNO/c15-10-5-9-2-1-8-6-11(16)3-4-12(8)14(18)13(9)17-7-10/h3-7H,1-2H2/p+1. The van der Waals surface area contributed by atoms with Crippen LogP contribution in [0.4, 0.5) is 0 Å². The van der Waals surface area contributed by atoms with Gasteiger partial charge in [-0.05, 0) is 58.6 Å². The van der Waals surface area contributed by atoms with Crippen LogP contribution in [0.5, 0.6) is 0 Å². The van der Waals surface area contributed by atoms with E-state index in [2.05, 4.69) is 20.9 Å². The Hall–Kier alpha value is -1.19. The maximum absolute atomic E-state index is 12.5. The second-order valence-corrected chi connectivity index (χ2v) is 5.70. The van der Waals surface area contributed by atoms with Gasteiger partial charge in [0.1, 0.15) is 0 Å². The van der Waals surface area contributed by atoms with E-state index in [-0.39, 0.29) is 5.78 Å². The molecule has 0 bridgehead atoms. The Morgan fingerprint density at radius 3 is 2.78 bits per heavy atom. The second kappa shape index (κ2) is 4.48. The summed E-state index contributed by atoms with van der Waals surface area (Å²) in [6.07, 6.45) is 3.46. The van der Waals surface area contributed by atoms with Gasteiger partial charge in [0.15, 0.2) is 6.20 Å². The highest BCUT2D eigenvalue weighted by atomic mass is 79.9. The molecular formula is C14H10BrClNO+. The number of aromatic amines is 1. The molecule has 0 aliphatic heterocycles. The van der Waals surface area contributed by atoms with E-state index in [1.807, 2.05) is 18.2 Å². The van der Waals surface area contributed by atoms with Crippen LogP contribution in [-0.4, -0.2) is 5.78 Å². The molecule has 0 fully saturated rings. The van der Waals surface area contributed by atoms with Gasteiger partial charge in [0, 0.05) is 16.1 Å². The number of rotatable bonds is 0. The van der Waals surface area contributed by atoms with Gasteiger partial charge in [-0.1, -0.05) is 11.6 Å². The molecule has 2 nitrogen and oxygen atoms in total. The summed E-state index contributed by atoms with van der Waals surface area (Å²) in [5, 5.41) is 0.678. The fraction of sp³-hybridized carbons (Fsp3) is 0.143. The molecule has 1 N–H and O–H groups in total. The van der Waals surface area contributed by atoms with Crippen LogP contribution in [0.1, 0.15) is 27.2 Å². The summed E-state index contributed by atoms with van der Waals surface area (Å²) in [7, 11) is 0. The maximum atomic E-state index is 12.5. The van der Waals surface area contributed by atoms with E-state index in [0.29, 0.717) is 10.7 Å². The van der Waals surface area contributed by atoms with Crippen molar-refractivity contribution in [2.24, 2.45) is 0 Å². The first-order valence-electron chi connectivity index (χ1n) is 5.68. The molecule has 0 radical (unpaired) electrons. The zero-order valence-corrected chi connectivity index (χ0v) is 11.8. The van der Waals surface area contributed by atoms with Crippen LogP contribution in [-0.2, 0) is 12.8 Å². The number of ketones is 1. The molecule has 90 valence electrons. The number of hydrogen-bond donors (Lipinski definition) is 0. The van der Waals surface area contributed by atoms with Gasteiger partial charge in [-0.2, -0.15) is 0 Å². The number of aryl methyl sites for hydroxylation is 2. The third kappa shape index (κ3) is 1.98. The zero-order valence-electron chi connectivity index (χ0n) is 9.47. The van der Waals surface area contributed by atoms with Crippen molar-refractivity contribution < 1.29 is 9.78 Å². The molecule has 0 spiro atoms. The molecule has 0 saturated heterocycles. The number of fused-ring (bicyclic) bond motifs is 2. The highest BCUT2D eigenvalue weighted by Crippen LogP contribution is 2.25. The Kier molecular flexibility index (Phi) is 2.96. The van der Waals surface area contributed by atoms with Gasteiger partial charge in [0.2, 0.25) is 0 Å². The van der Waals surface area contributed by atoms with Crippen LogP contribution in [0.25, 0.3) is 0 Å². The Bertz CT molecular complexity index is 599. The normalized spacial score (nSPS) is 13.8. The number of halogens is 2. The lowest BCUT2D eigenvalue weighted by molar-refractivity contribution is -0.383. The number of carbonyl (C=O) groups excluding carboxylic acids is 1. The number of carbonyl (C=O) groups is 1. The average Bonchev–Trinajstić information content (AvgIpc) is 2.47. The molecule has 3 rings (SSSR count). The van der Waals surface area contributed by atoms with Crippen molar-refractivity contribution >= 4 is 33.3 Å². The summed E-state index contributed by atoms with van der Waals surface area (Å²) >= 11 is 9.41. The number of H-pyrrole nitrogens is 1. The van der Waals surface area contributed by atoms with E-state index < -0.39 is 0 Å². The van der Waals surface area contributed by atoms with Crippen LogP contribution < -0.4 is 4.98 Å². The first-order chi connectivity index (χ1) is 8.65. The van der Waals surface area contributed by atoms with Crippen molar-refractivity contribution in [2.75, 3.05) is 0 Å². The molecule has 0 unspecified atom stereocenters. The number of nitrogens with one attached hydrogen (secondary N) is 1. The summed E-state index contributed by atoms with van der Waals surface area (Å²) < 4.78 is 0.957. The van der Waals surface area contributed by atoms with Crippen LogP contribution in [0, 0.1) is 0 Å². The van der Waals surface area contributed by atoms with Crippen LogP contribution in [0.2, 0.25) is 5.02 Å². The van der Waals surface area contributed by atoms with Crippen molar-refractivity contribution in [3.63, 3.8) is 0 Å². The molecule has 4 heteroatoms. The highest BCUT2D eigenvalue weighted by Gasteiger charge is 2.26. The first-order valence-corrected chi connectivity index (χ1v) is 6.85. The van der Waals surface area contributed by atoms with Crippen molar-refractivity contribution in [3.05, 3.63) is 62.3 Å². The summed E-state index contributed by atoms with van der Waals surface area (Å²) in [4.78, 5) is 15.5. The van der Waals surface area contributed by atoms with E-state index in [4.69, 9.17) is 11.6 Å². The second-order valence-electron chi connectivity index (χ2n) is 4.35. The fourth-order valence-corrected chi connectivity index (χ4v) is 2.90. The lowest BCUT2D eigenvalue weighted by atomic mass is 10.0. The van der Waals surface area contributed by atoms with Crippen molar-refractivity contribution in [2.45, 2.75) is 12.8 Å². The molecule has 1 aliphatic rings. The summed E-state index contributed by atoms with van der Waals surface area (Å²) in [5.41, 5.74) is 3.49. The number of benzene rings is 1. The predicted octanol–water partition coefficient (Wildman–Crippen LogP) is 3.25. The van der Waals surface area contributed by atoms with Crippen molar-refractivity contribution in [3.8, 4) is 0 Å². The number of hydrogen-bond acceptors (Lipinski definition) is 1. The molecule has 2 aromatic rings. The third-order valence-electron chi connectivity index (χ3n) is 3.19. The molecule has 0 atom stereocenters. The smallest absolute Gasteiger partial charge is 0.257 e. The van der Waals surface area contributed by atoms with E-state index in [1.54, 1.807) is 12.3 Å². The Labute approximate surface area is 118 Å². The van der Waals surface area contributed by atoms with Gasteiger partial charge in [-0.25, -0.2) is 4.98 Å². The molecule has 1 heterocycles. The Balaban J connectivity index is 2.18. The minimum absolute atomic E-state index is 0.0432. The number of aromatic nitrogens is 1. The van der Waals surface area contributed by atoms with Crippen molar-refractivity contribution in [1.29, 1.82) is 0 Å². The molecule has 0 saturated carbocycles. The predicted molar refractivity (Wildman–Crippen MR) is 73.0 cm³/mol. The molecule has 0 amide bonds. The van der Waals surface area contributed by atoms with E-state index >= 15 is 0 Å². The molecule has 18 heavy (non-hydrogen) atoms. The van der Waals surface area contributed by atoms with Gasteiger partial charge in [-0.3, -0.25) is 4.79 Å². The molecule has 1 aliphatic carbocycles. The molecule has 1 aromatic heterocycles. The minimum atomic E-state index is 0.0432. The van der Waals surface area contributed by atoms with E-state index in [1.165, 1.54) is 0 Å². The Morgan fingerprint density at radius 1 is 1.17 bits per heavy atom. The lowest BCUT2D eigenvalue weighted by Gasteiger charge is -2.02. The largest absolute Gasteiger partial charge is 0.282 e. The SMILES string of the molecule is O=C1c2ccc(Cl)cc2CCc2cc(Br)c[nH+]c21. The topological polar surface area (TPSA) is 31.2 Å². The third-order valence-corrected chi connectivity index (χ3v) is 3.88. The van der Waals surface area contributed by atoms with Crippen LogP contribution in [0.15, 0.2) is 34.9 Å². The summed E-state index contributed by atoms with van der Waals surface area (Å²) in [5.74, 6) is 0.0432. The summed E-state index contributed by atoms with van der Waals surface area (Å²) in [6, 6.07) is 7.46. The van der Waals surface area contributed by atoms with Gasteiger partial charge >= 0.3 is 0 Å². The van der Waals surface area contributed by atoms with Gasteiger partial charge in [0.25, 0.3) is 11.5 Å². The highest BCUT2D eigenvalue weighted by molar-refractivity contribution is 9.10. The monoisotopic (exact) mass is 322 g/mol. The lowest BCUT2D eigenvalue weighted by Crippen LogP contribution is -2.19. The van der Waals surface area contributed by atoms with Gasteiger partial charge in [0.05, 0.1) is 4.47 Å². The van der Waals surface area contributed by atoms with E-state index in [9.17, 15) is 4.79 Å². The fourth-order valence-electron chi connectivity index (χ4n) is 2.32. The summed E-state index contributed by atoms with van der Waals surface area (Å²) in [6.45, 7) is 0. The molecular weight excluding hydrogens is 314 g/mol. The number of pyridine rings is 1. The van der Waals surface area contributed by atoms with Gasteiger partial charge < -0.3 is 0 Å². The minimum Gasteiger partial charge on any atom is -0.282 e. The zero-order chi connectivity index (χ0) is 12.7. The maximum Gasteiger partial charge on any atom is 0.257 e. The first kappa shape index (κ1) is 11.9. The quantitative estimate of drug-likeness (QED) is 0.732. The van der Waals surface area contributed by atoms with Gasteiger partial charge in [-0.15, -0.1) is 0 Å². The van der Waals surface area contributed by atoms with Crippen LogP contribution in [0.3, 0.4) is 0 Å². The average molecular weight is 324 g/mol. The van der Waals surface area contributed by atoms with Crippen molar-refractivity contribution in [1.82, 2.24) is 0 Å². The molecule has 1 aromatic carbocycles. The Morgan fingerprint density at radius 2 is 1.94 bits per heavy atom. The van der Waals surface area contributed by atoms with Crippen LogP contribution >= 0.6 is 27.5 Å². The van der Waals surface area contributed by atoms with E-state index in [0.717, 1.165) is 34.0 Å².